The van der Waals surface area contributed by atoms with Gasteiger partial charge in [-0.05, 0) is 35.4 Å². The van der Waals surface area contributed by atoms with Crippen molar-refractivity contribution in [1.29, 1.82) is 0 Å². The summed E-state index contributed by atoms with van der Waals surface area (Å²) < 4.78 is 26.2. The number of nitrogens with zero attached hydrogens (tertiary/aromatic N) is 6. The number of ether oxygens (including phenoxy) is 2. The molecule has 0 radical (unpaired) electrons. The van der Waals surface area contributed by atoms with Gasteiger partial charge in [0.25, 0.3) is 0 Å². The molecule has 39 heavy (non-hydrogen) atoms. The highest BCUT2D eigenvalue weighted by atomic mass is 32.1. The van der Waals surface area contributed by atoms with Crippen LogP contribution >= 0.6 is 11.3 Å². The molecule has 1 aliphatic rings. The lowest BCUT2D eigenvalue weighted by molar-refractivity contribution is 0.414. The largest absolute Gasteiger partial charge is 0.497 e. The number of benzene rings is 2. The van der Waals surface area contributed by atoms with Crippen LogP contribution in [0.3, 0.4) is 0 Å². The Labute approximate surface area is 228 Å². The third kappa shape index (κ3) is 5.26. The van der Waals surface area contributed by atoms with Crippen LogP contribution in [0.5, 0.6) is 11.5 Å². The SMILES string of the molecule is COc1ccc(CN(c2ncc(F)cn2)c2nc3c(s2)CCNc2nn(Cc4ccc(OC)cc4)cc2-3)cc1. The summed E-state index contributed by atoms with van der Waals surface area (Å²) in [5.74, 6) is 2.29. The summed E-state index contributed by atoms with van der Waals surface area (Å²) >= 11 is 1.59. The van der Waals surface area contributed by atoms with Crippen molar-refractivity contribution in [2.24, 2.45) is 0 Å². The molecule has 0 amide bonds. The Morgan fingerprint density at radius 2 is 1.64 bits per heavy atom. The van der Waals surface area contributed by atoms with Crippen molar-refractivity contribution < 1.29 is 13.9 Å². The molecule has 5 aromatic rings. The Bertz CT molecular complexity index is 1570. The number of hydrogen-bond donors (Lipinski definition) is 1. The second kappa shape index (κ2) is 10.7. The molecule has 0 bridgehead atoms. The van der Waals surface area contributed by atoms with E-state index in [2.05, 4.69) is 15.3 Å². The van der Waals surface area contributed by atoms with Gasteiger partial charge in [0.2, 0.25) is 5.95 Å². The van der Waals surface area contributed by atoms with E-state index >= 15 is 0 Å². The van der Waals surface area contributed by atoms with E-state index in [-0.39, 0.29) is 0 Å². The maximum Gasteiger partial charge on any atom is 0.232 e. The van der Waals surface area contributed by atoms with Crippen molar-refractivity contribution in [3.05, 3.63) is 88.9 Å². The number of methoxy groups -OCH3 is 2. The zero-order valence-corrected chi connectivity index (χ0v) is 22.3. The van der Waals surface area contributed by atoms with Crippen molar-refractivity contribution >= 4 is 28.2 Å². The van der Waals surface area contributed by atoms with E-state index in [1.807, 2.05) is 64.3 Å². The number of hydrogen-bond acceptors (Lipinski definition) is 9. The summed E-state index contributed by atoms with van der Waals surface area (Å²) in [4.78, 5) is 16.6. The van der Waals surface area contributed by atoms with E-state index in [1.54, 1.807) is 25.6 Å². The molecule has 2 aromatic carbocycles. The number of rotatable bonds is 8. The van der Waals surface area contributed by atoms with Gasteiger partial charge in [-0.2, -0.15) is 5.10 Å². The van der Waals surface area contributed by atoms with E-state index < -0.39 is 5.82 Å². The Kier molecular flexibility index (Phi) is 6.80. The topological polar surface area (TPSA) is 90.2 Å². The van der Waals surface area contributed by atoms with Gasteiger partial charge in [0.15, 0.2) is 16.8 Å². The summed E-state index contributed by atoms with van der Waals surface area (Å²) in [7, 11) is 3.30. The molecular weight excluding hydrogens is 517 g/mol. The van der Waals surface area contributed by atoms with Crippen LogP contribution in [0, 0.1) is 5.82 Å². The van der Waals surface area contributed by atoms with Gasteiger partial charge in [-0.1, -0.05) is 24.3 Å². The second-order valence-electron chi connectivity index (χ2n) is 9.02. The van der Waals surface area contributed by atoms with Gasteiger partial charge in [0.1, 0.15) is 11.5 Å². The molecule has 0 fully saturated rings. The smallest absolute Gasteiger partial charge is 0.232 e. The van der Waals surface area contributed by atoms with Crippen molar-refractivity contribution in [2.75, 3.05) is 31.0 Å². The quantitative estimate of drug-likeness (QED) is 0.282. The molecule has 6 rings (SSSR count). The molecule has 4 heterocycles. The van der Waals surface area contributed by atoms with Crippen LogP contribution in [0.15, 0.2) is 67.1 Å². The van der Waals surface area contributed by atoms with E-state index in [0.29, 0.717) is 19.0 Å². The minimum atomic E-state index is -0.488. The first-order valence-corrected chi connectivity index (χ1v) is 13.2. The molecule has 0 spiro atoms. The maximum atomic E-state index is 13.7. The van der Waals surface area contributed by atoms with E-state index in [9.17, 15) is 4.39 Å². The lowest BCUT2D eigenvalue weighted by Crippen LogP contribution is -2.19. The van der Waals surface area contributed by atoms with Crippen molar-refractivity contribution in [1.82, 2.24) is 24.7 Å². The van der Waals surface area contributed by atoms with Gasteiger partial charge in [0, 0.05) is 24.0 Å². The number of nitrogens with one attached hydrogen (secondary N) is 1. The molecule has 198 valence electrons. The zero-order chi connectivity index (χ0) is 26.8. The number of fused-ring (bicyclic) bond motifs is 3. The van der Waals surface area contributed by atoms with Crippen LogP contribution in [-0.4, -0.2) is 45.5 Å². The normalized spacial score (nSPS) is 12.2. The number of thiazole rings is 1. The molecule has 0 saturated heterocycles. The lowest BCUT2D eigenvalue weighted by atomic mass is 10.2. The fourth-order valence-corrected chi connectivity index (χ4v) is 5.51. The Hall–Kier alpha value is -4.51. The van der Waals surface area contributed by atoms with Gasteiger partial charge in [-0.25, -0.2) is 19.3 Å². The maximum absolute atomic E-state index is 13.7. The Morgan fingerprint density at radius 3 is 2.31 bits per heavy atom. The average Bonchev–Trinajstić information content (AvgIpc) is 3.53. The third-order valence-corrected chi connectivity index (χ3v) is 7.57. The monoisotopic (exact) mass is 543 g/mol. The van der Waals surface area contributed by atoms with Crippen LogP contribution in [-0.2, 0) is 19.5 Å². The van der Waals surface area contributed by atoms with E-state index in [0.717, 1.165) is 62.7 Å². The van der Waals surface area contributed by atoms with Gasteiger partial charge >= 0.3 is 0 Å². The number of halogens is 1. The molecule has 0 atom stereocenters. The van der Waals surface area contributed by atoms with Crippen LogP contribution in [0.1, 0.15) is 16.0 Å². The molecule has 0 aliphatic carbocycles. The van der Waals surface area contributed by atoms with Gasteiger partial charge in [-0.3, -0.25) is 9.58 Å². The Balaban J connectivity index is 1.34. The van der Waals surface area contributed by atoms with Crippen molar-refractivity contribution in [2.45, 2.75) is 19.5 Å². The number of aromatic nitrogens is 5. The predicted molar refractivity (Wildman–Crippen MR) is 148 cm³/mol. The van der Waals surface area contributed by atoms with Gasteiger partial charge < -0.3 is 14.8 Å². The summed E-state index contributed by atoms with van der Waals surface area (Å²) in [6, 6.07) is 15.7. The van der Waals surface area contributed by atoms with Crippen molar-refractivity contribution in [3.8, 4) is 22.8 Å². The molecule has 3 aromatic heterocycles. The highest BCUT2D eigenvalue weighted by Gasteiger charge is 2.26. The summed E-state index contributed by atoms with van der Waals surface area (Å²) in [6.07, 6.45) is 5.19. The van der Waals surface area contributed by atoms with Crippen LogP contribution < -0.4 is 19.7 Å². The molecule has 1 aliphatic heterocycles. The number of anilines is 3. The molecule has 1 N–H and O–H groups in total. The third-order valence-electron chi connectivity index (χ3n) is 6.43. The van der Waals surface area contributed by atoms with Crippen molar-refractivity contribution in [3.63, 3.8) is 0 Å². The molecule has 0 saturated carbocycles. The first-order valence-electron chi connectivity index (χ1n) is 12.4. The second-order valence-corrected chi connectivity index (χ2v) is 10.1. The van der Waals surface area contributed by atoms with Gasteiger partial charge in [0.05, 0.1) is 51.0 Å². The fraction of sp³-hybridized carbons (Fsp3) is 0.214. The highest BCUT2D eigenvalue weighted by molar-refractivity contribution is 7.16. The first-order chi connectivity index (χ1) is 19.1. The predicted octanol–water partition coefficient (Wildman–Crippen LogP) is 5.31. The minimum Gasteiger partial charge on any atom is -0.497 e. The summed E-state index contributed by atoms with van der Waals surface area (Å²) in [5.41, 5.74) is 3.97. The average molecular weight is 544 g/mol. The summed E-state index contributed by atoms with van der Waals surface area (Å²) in [6.45, 7) is 1.83. The molecule has 11 heteroatoms. The molecule has 9 nitrogen and oxygen atoms in total. The zero-order valence-electron chi connectivity index (χ0n) is 21.5. The van der Waals surface area contributed by atoms with E-state index in [4.69, 9.17) is 19.6 Å². The first kappa shape index (κ1) is 24.8. The molecule has 0 unspecified atom stereocenters. The minimum absolute atomic E-state index is 0.379. The van der Waals surface area contributed by atoms with Gasteiger partial charge in [-0.15, -0.1) is 11.3 Å². The summed E-state index contributed by atoms with van der Waals surface area (Å²) in [5, 5.41) is 8.98. The highest BCUT2D eigenvalue weighted by Crippen LogP contribution is 2.40. The van der Waals surface area contributed by atoms with Crippen LogP contribution in [0.2, 0.25) is 0 Å². The Morgan fingerprint density at radius 1 is 0.974 bits per heavy atom. The standard InChI is InChI=1S/C28H26FN7O2S/c1-37-21-7-3-18(4-8-21)15-35-17-23-25-24(11-12-30-26(23)34-35)39-28(33-25)36(27-31-13-20(29)14-32-27)16-19-5-9-22(38-2)10-6-19/h3-10,13-14,17H,11-12,15-16H2,1-2H3,(H,30,34). The van der Waals surface area contributed by atoms with Crippen LogP contribution in [0.4, 0.5) is 21.3 Å². The fourth-order valence-electron chi connectivity index (χ4n) is 4.44. The van der Waals surface area contributed by atoms with Crippen LogP contribution in [0.25, 0.3) is 11.3 Å². The van der Waals surface area contributed by atoms with E-state index in [1.165, 1.54) is 12.4 Å². The molecular formula is C28H26FN7O2S. The lowest BCUT2D eigenvalue weighted by Gasteiger charge is -2.20.